The molecule has 0 heterocycles. The average molecular weight is 566 g/mol. The first-order valence-electron chi connectivity index (χ1n) is 11.8. The van der Waals surface area contributed by atoms with Gasteiger partial charge in [0.1, 0.15) is 18.4 Å². The van der Waals surface area contributed by atoms with Gasteiger partial charge in [0.15, 0.2) is 0 Å². The zero-order valence-electron chi connectivity index (χ0n) is 21.4. The maximum absolute atomic E-state index is 13.7. The number of alkyl halides is 3. The number of carbonyl (C=O) groups is 2. The van der Waals surface area contributed by atoms with Gasteiger partial charge in [0.25, 0.3) is 10.0 Å². The van der Waals surface area contributed by atoms with Gasteiger partial charge < -0.3 is 10.2 Å². The summed E-state index contributed by atoms with van der Waals surface area (Å²) in [5, 5.41) is 2.42. The molecule has 2 amide bonds. The maximum Gasteiger partial charge on any atom is 0.416 e. The maximum atomic E-state index is 13.7. The number of amides is 2. The van der Waals surface area contributed by atoms with Gasteiger partial charge in [0.2, 0.25) is 11.8 Å². The van der Waals surface area contributed by atoms with Gasteiger partial charge in [-0.3, -0.25) is 13.9 Å². The number of carbonyl (C=O) groups excluding carboxylic acids is 2. The zero-order chi connectivity index (χ0) is 29.0. The van der Waals surface area contributed by atoms with E-state index in [-0.39, 0.29) is 17.1 Å². The number of sulfonamides is 1. The first-order chi connectivity index (χ1) is 18.2. The Morgan fingerprint density at radius 2 is 1.59 bits per heavy atom. The monoisotopic (exact) mass is 565 g/mol. The van der Waals surface area contributed by atoms with Crippen molar-refractivity contribution in [1.29, 1.82) is 0 Å². The van der Waals surface area contributed by atoms with Gasteiger partial charge in [0.05, 0.1) is 16.1 Å². The number of anilines is 1. The van der Waals surface area contributed by atoms with Crippen molar-refractivity contribution < 1.29 is 35.6 Å². The second-order valence-corrected chi connectivity index (χ2v) is 10.7. The third kappa shape index (κ3) is 7.14. The molecule has 1 unspecified atom stereocenters. The van der Waals surface area contributed by atoms with E-state index >= 15 is 0 Å². The number of likely N-dealkylation sites (N-methyl/N-ethyl adjacent to an activating group) is 1. The number of nitrogens with one attached hydrogen (secondary N) is 1. The lowest BCUT2D eigenvalue weighted by molar-refractivity contribution is -0.139. The van der Waals surface area contributed by atoms with E-state index < -0.39 is 52.0 Å². The van der Waals surface area contributed by atoms with E-state index in [0.717, 1.165) is 28.7 Å². The van der Waals surface area contributed by atoms with Crippen LogP contribution in [0.5, 0.6) is 0 Å². The number of hydrogen-bond acceptors (Lipinski definition) is 4. The number of benzene rings is 3. The number of halogens is 4. The average Bonchev–Trinajstić information content (AvgIpc) is 2.90. The summed E-state index contributed by atoms with van der Waals surface area (Å²) in [5.41, 5.74) is -0.278. The molecule has 39 heavy (non-hydrogen) atoms. The van der Waals surface area contributed by atoms with Crippen LogP contribution in [0, 0.1) is 12.7 Å². The fraction of sp³-hybridized carbons (Fsp3) is 0.259. The van der Waals surface area contributed by atoms with Gasteiger partial charge in [-0.1, -0.05) is 35.9 Å². The molecule has 3 rings (SSSR count). The molecule has 208 valence electrons. The highest BCUT2D eigenvalue weighted by Crippen LogP contribution is 2.33. The predicted octanol–water partition coefficient (Wildman–Crippen LogP) is 4.51. The van der Waals surface area contributed by atoms with Crippen LogP contribution in [0.1, 0.15) is 23.6 Å². The smallest absolute Gasteiger partial charge is 0.357 e. The number of aryl methyl sites for hydroxylation is 1. The van der Waals surface area contributed by atoms with E-state index in [4.69, 9.17) is 0 Å². The Kier molecular flexibility index (Phi) is 9.00. The van der Waals surface area contributed by atoms with Crippen LogP contribution in [0.2, 0.25) is 0 Å². The molecule has 0 bridgehead atoms. The second-order valence-electron chi connectivity index (χ2n) is 8.81. The fourth-order valence-corrected chi connectivity index (χ4v) is 5.19. The predicted molar refractivity (Wildman–Crippen MR) is 138 cm³/mol. The van der Waals surface area contributed by atoms with Crippen molar-refractivity contribution in [3.63, 3.8) is 0 Å². The minimum Gasteiger partial charge on any atom is -0.357 e. The van der Waals surface area contributed by atoms with Crippen LogP contribution >= 0.6 is 0 Å². The summed E-state index contributed by atoms with van der Waals surface area (Å²) < 4.78 is 81.8. The van der Waals surface area contributed by atoms with E-state index in [1.54, 1.807) is 6.92 Å². The minimum atomic E-state index is -4.76. The van der Waals surface area contributed by atoms with Gasteiger partial charge in [-0.15, -0.1) is 0 Å². The molecule has 0 radical (unpaired) electrons. The molecule has 3 aromatic rings. The molecule has 0 aliphatic rings. The molecule has 0 aliphatic heterocycles. The van der Waals surface area contributed by atoms with E-state index in [2.05, 4.69) is 5.32 Å². The highest BCUT2D eigenvalue weighted by Gasteiger charge is 2.35. The second kappa shape index (κ2) is 11.9. The first-order valence-corrected chi connectivity index (χ1v) is 13.2. The molecule has 1 atom stereocenters. The summed E-state index contributed by atoms with van der Waals surface area (Å²) >= 11 is 0. The Morgan fingerprint density at radius 1 is 0.974 bits per heavy atom. The zero-order valence-corrected chi connectivity index (χ0v) is 22.2. The van der Waals surface area contributed by atoms with Crippen molar-refractivity contribution >= 4 is 27.5 Å². The van der Waals surface area contributed by atoms with E-state index in [9.17, 15) is 35.6 Å². The molecule has 0 aromatic heterocycles. The lowest BCUT2D eigenvalue weighted by atomic mass is 10.1. The van der Waals surface area contributed by atoms with Crippen molar-refractivity contribution in [2.45, 2.75) is 37.5 Å². The summed E-state index contributed by atoms with van der Waals surface area (Å²) in [6.45, 7) is 2.07. The Bertz CT molecular complexity index is 1430. The van der Waals surface area contributed by atoms with Gasteiger partial charge in [-0.2, -0.15) is 13.2 Å². The molecule has 7 nitrogen and oxygen atoms in total. The molecule has 0 spiro atoms. The van der Waals surface area contributed by atoms with Crippen molar-refractivity contribution in [3.05, 3.63) is 95.3 Å². The Morgan fingerprint density at radius 3 is 2.15 bits per heavy atom. The molecule has 0 saturated carbocycles. The van der Waals surface area contributed by atoms with Crippen LogP contribution in [-0.2, 0) is 32.3 Å². The highest BCUT2D eigenvalue weighted by molar-refractivity contribution is 7.92. The molecular weight excluding hydrogens is 538 g/mol. The normalized spacial score (nSPS) is 12.5. The Labute approximate surface area is 224 Å². The van der Waals surface area contributed by atoms with Crippen LogP contribution in [-0.4, -0.2) is 44.8 Å². The molecular formula is C27H27F4N3O4S. The third-order valence-corrected chi connectivity index (χ3v) is 7.82. The van der Waals surface area contributed by atoms with Crippen molar-refractivity contribution in [3.8, 4) is 0 Å². The van der Waals surface area contributed by atoms with Crippen LogP contribution in [0.15, 0.2) is 77.7 Å². The molecule has 3 aromatic carbocycles. The van der Waals surface area contributed by atoms with Crippen molar-refractivity contribution in [1.82, 2.24) is 10.2 Å². The highest BCUT2D eigenvalue weighted by atomic mass is 32.2. The lowest BCUT2D eigenvalue weighted by Gasteiger charge is -2.32. The van der Waals surface area contributed by atoms with E-state index in [0.29, 0.717) is 15.9 Å². The summed E-state index contributed by atoms with van der Waals surface area (Å²) in [6.07, 6.45) is -4.76. The fourth-order valence-electron chi connectivity index (χ4n) is 3.78. The largest absolute Gasteiger partial charge is 0.416 e. The quantitative estimate of drug-likeness (QED) is 0.387. The molecule has 0 aliphatic carbocycles. The lowest BCUT2D eigenvalue weighted by Crippen LogP contribution is -2.50. The standard InChI is InChI=1S/C27H27F4N3O4S/c1-18-7-13-24(14-8-18)39(37,38)34(23-6-4-5-21(15-23)27(29,30)31)17-25(35)33(19(2)26(36)32-3)16-20-9-11-22(28)12-10-20/h4-15,19H,16-17H2,1-3H3,(H,32,36). The van der Waals surface area contributed by atoms with E-state index in [1.807, 2.05) is 0 Å². The molecule has 12 heteroatoms. The molecule has 0 fully saturated rings. The van der Waals surface area contributed by atoms with E-state index in [1.165, 1.54) is 62.5 Å². The minimum absolute atomic E-state index is 0.186. The van der Waals surface area contributed by atoms with Gasteiger partial charge >= 0.3 is 6.18 Å². The van der Waals surface area contributed by atoms with Gasteiger partial charge in [-0.25, -0.2) is 12.8 Å². The van der Waals surface area contributed by atoms with Crippen LogP contribution in [0.3, 0.4) is 0 Å². The van der Waals surface area contributed by atoms with Crippen LogP contribution < -0.4 is 9.62 Å². The molecule has 0 saturated heterocycles. The number of nitrogens with zero attached hydrogens (tertiary/aromatic N) is 2. The Hall–Kier alpha value is -3.93. The van der Waals surface area contributed by atoms with Gasteiger partial charge in [-0.05, 0) is 61.9 Å². The first kappa shape index (κ1) is 29.6. The SMILES string of the molecule is CNC(=O)C(C)N(Cc1ccc(F)cc1)C(=O)CN(c1cccc(C(F)(F)F)c1)S(=O)(=O)c1ccc(C)cc1. The third-order valence-electron chi connectivity index (χ3n) is 6.03. The summed E-state index contributed by atoms with van der Waals surface area (Å²) in [7, 11) is -3.17. The van der Waals surface area contributed by atoms with Crippen molar-refractivity contribution in [2.24, 2.45) is 0 Å². The Balaban J connectivity index is 2.09. The van der Waals surface area contributed by atoms with Crippen molar-refractivity contribution in [2.75, 3.05) is 17.9 Å². The van der Waals surface area contributed by atoms with Gasteiger partial charge in [0, 0.05) is 13.6 Å². The summed E-state index contributed by atoms with van der Waals surface area (Å²) in [6, 6.07) is 13.3. The summed E-state index contributed by atoms with van der Waals surface area (Å²) in [5.74, 6) is -1.93. The number of rotatable bonds is 9. The topological polar surface area (TPSA) is 86.8 Å². The molecule has 1 N–H and O–H groups in total. The van der Waals surface area contributed by atoms with Crippen LogP contribution in [0.4, 0.5) is 23.2 Å². The van der Waals surface area contributed by atoms with Crippen LogP contribution in [0.25, 0.3) is 0 Å². The number of hydrogen-bond donors (Lipinski definition) is 1. The summed E-state index contributed by atoms with van der Waals surface area (Å²) in [4.78, 5) is 26.9.